The van der Waals surface area contributed by atoms with Crippen molar-refractivity contribution in [2.45, 2.75) is 59.6 Å². The van der Waals surface area contributed by atoms with Crippen molar-refractivity contribution in [3.8, 4) is 5.75 Å². The largest absolute Gasteiger partial charge is 0.488 e. The highest BCUT2D eigenvalue weighted by Gasteiger charge is 2.18. The second-order valence-corrected chi connectivity index (χ2v) is 7.74. The molecule has 1 fully saturated rings. The van der Waals surface area contributed by atoms with Gasteiger partial charge in [-0.05, 0) is 52.2 Å². The van der Waals surface area contributed by atoms with Crippen molar-refractivity contribution in [3.63, 3.8) is 0 Å². The molecule has 0 bridgehead atoms. The predicted molar refractivity (Wildman–Crippen MR) is 134 cm³/mol. The second kappa shape index (κ2) is 12.9. The number of ether oxygens (including phenoxy) is 2. The third kappa shape index (κ3) is 7.68. The molecule has 1 atom stereocenters. The minimum absolute atomic E-state index is 0. The Hall–Kier alpha value is -1.81. The van der Waals surface area contributed by atoms with Crippen LogP contribution in [0, 0.1) is 20.8 Å². The van der Waals surface area contributed by atoms with Crippen LogP contribution < -0.4 is 15.4 Å². The van der Waals surface area contributed by atoms with Gasteiger partial charge in [-0.2, -0.15) is 0 Å². The summed E-state index contributed by atoms with van der Waals surface area (Å²) in [6, 6.07) is 6.30. The topological polar surface area (TPSA) is 80.9 Å². The van der Waals surface area contributed by atoms with Crippen LogP contribution in [0.15, 0.2) is 27.7 Å². The fraction of sp³-hybridized carbons (Fsp3) is 0.565. The lowest BCUT2D eigenvalue weighted by molar-refractivity contribution is 0.140. The lowest BCUT2D eigenvalue weighted by Gasteiger charge is -2.16. The van der Waals surface area contributed by atoms with Crippen molar-refractivity contribution in [2.24, 2.45) is 4.99 Å². The molecule has 3 rings (SSSR count). The van der Waals surface area contributed by atoms with Crippen LogP contribution in [0.4, 0.5) is 0 Å². The Morgan fingerprint density at radius 2 is 2.10 bits per heavy atom. The van der Waals surface area contributed by atoms with E-state index in [1.807, 2.05) is 13.8 Å². The van der Waals surface area contributed by atoms with Gasteiger partial charge in [0.2, 0.25) is 0 Å². The zero-order valence-electron chi connectivity index (χ0n) is 19.0. The number of nitrogens with one attached hydrogen (secondary N) is 2. The summed E-state index contributed by atoms with van der Waals surface area (Å²) in [5.41, 5.74) is 4.45. The molecule has 0 spiro atoms. The van der Waals surface area contributed by atoms with Crippen LogP contribution in [-0.2, 0) is 17.7 Å². The second-order valence-electron chi connectivity index (χ2n) is 7.74. The SMILES string of the molecule is CCNC(=NCc1ccc(C)cc1OC1CCOC1)NCCCc1c(C)noc1C.I. The maximum absolute atomic E-state index is 6.19. The zero-order valence-corrected chi connectivity index (χ0v) is 21.3. The van der Waals surface area contributed by atoms with Crippen LogP contribution in [0.3, 0.4) is 0 Å². The smallest absolute Gasteiger partial charge is 0.191 e. The van der Waals surface area contributed by atoms with Crippen molar-refractivity contribution in [2.75, 3.05) is 26.3 Å². The number of guanidine groups is 1. The molecule has 31 heavy (non-hydrogen) atoms. The lowest BCUT2D eigenvalue weighted by atomic mass is 10.1. The molecule has 1 aromatic carbocycles. The summed E-state index contributed by atoms with van der Waals surface area (Å²) in [6.45, 7) is 11.7. The van der Waals surface area contributed by atoms with Crippen molar-refractivity contribution in [1.29, 1.82) is 0 Å². The van der Waals surface area contributed by atoms with Crippen molar-refractivity contribution < 1.29 is 14.0 Å². The average Bonchev–Trinajstić information content (AvgIpc) is 3.34. The Labute approximate surface area is 202 Å². The van der Waals surface area contributed by atoms with Gasteiger partial charge in [0.25, 0.3) is 0 Å². The van der Waals surface area contributed by atoms with E-state index in [2.05, 4.69) is 47.8 Å². The molecule has 1 saturated heterocycles. The predicted octanol–water partition coefficient (Wildman–Crippen LogP) is 4.07. The van der Waals surface area contributed by atoms with Gasteiger partial charge in [0.15, 0.2) is 5.96 Å². The minimum atomic E-state index is 0. The molecule has 1 aliphatic heterocycles. The van der Waals surface area contributed by atoms with E-state index < -0.39 is 0 Å². The van der Waals surface area contributed by atoms with Crippen molar-refractivity contribution in [3.05, 3.63) is 46.3 Å². The summed E-state index contributed by atoms with van der Waals surface area (Å²) in [5, 5.41) is 10.8. The van der Waals surface area contributed by atoms with E-state index in [0.717, 1.165) is 67.7 Å². The summed E-state index contributed by atoms with van der Waals surface area (Å²) in [5.74, 6) is 2.63. The number of benzene rings is 1. The normalized spacial score (nSPS) is 16.1. The minimum Gasteiger partial charge on any atom is -0.488 e. The molecule has 0 saturated carbocycles. The average molecular weight is 542 g/mol. The summed E-state index contributed by atoms with van der Waals surface area (Å²) < 4.78 is 16.9. The molecule has 2 heterocycles. The van der Waals surface area contributed by atoms with Gasteiger partial charge in [0.05, 0.1) is 25.5 Å². The van der Waals surface area contributed by atoms with Gasteiger partial charge in [0, 0.05) is 30.6 Å². The molecule has 2 aromatic rings. The standard InChI is InChI=1S/C23H34N4O3.HI/c1-5-24-23(25-11-6-7-21-17(3)27-30-18(21)4)26-14-19-9-8-16(2)13-22(19)29-20-10-12-28-15-20;/h8-9,13,20H,5-7,10-12,14-15H2,1-4H3,(H2,24,25,26);1H. The Morgan fingerprint density at radius 3 is 2.77 bits per heavy atom. The lowest BCUT2D eigenvalue weighted by Crippen LogP contribution is -2.37. The molecule has 172 valence electrons. The summed E-state index contributed by atoms with van der Waals surface area (Å²) >= 11 is 0. The van der Waals surface area contributed by atoms with Gasteiger partial charge in [-0.25, -0.2) is 4.99 Å². The van der Waals surface area contributed by atoms with Gasteiger partial charge in [-0.3, -0.25) is 0 Å². The third-order valence-corrected chi connectivity index (χ3v) is 5.23. The Bertz CT molecular complexity index is 828. The van der Waals surface area contributed by atoms with Gasteiger partial charge in [-0.1, -0.05) is 17.3 Å². The fourth-order valence-electron chi connectivity index (χ4n) is 3.52. The van der Waals surface area contributed by atoms with Crippen LogP contribution in [0.1, 0.15) is 47.9 Å². The van der Waals surface area contributed by atoms with Gasteiger partial charge >= 0.3 is 0 Å². The van der Waals surface area contributed by atoms with Gasteiger partial charge in [-0.15, -0.1) is 24.0 Å². The van der Waals surface area contributed by atoms with E-state index in [4.69, 9.17) is 19.0 Å². The molecule has 1 aliphatic rings. The number of aryl methyl sites for hydroxylation is 3. The molecule has 0 aliphatic carbocycles. The molecule has 8 heteroatoms. The Kier molecular flexibility index (Phi) is 10.6. The first-order valence-corrected chi connectivity index (χ1v) is 10.8. The van der Waals surface area contributed by atoms with E-state index in [9.17, 15) is 0 Å². The molecule has 1 aromatic heterocycles. The molecule has 1 unspecified atom stereocenters. The van der Waals surface area contributed by atoms with Gasteiger partial charge < -0.3 is 24.6 Å². The van der Waals surface area contributed by atoms with E-state index in [1.165, 1.54) is 11.1 Å². The first-order chi connectivity index (χ1) is 14.6. The third-order valence-electron chi connectivity index (χ3n) is 5.23. The Balaban J connectivity index is 0.00000341. The fourth-order valence-corrected chi connectivity index (χ4v) is 3.52. The number of nitrogens with zero attached hydrogens (tertiary/aromatic N) is 2. The number of hydrogen-bond donors (Lipinski definition) is 2. The first-order valence-electron chi connectivity index (χ1n) is 10.8. The van der Waals surface area contributed by atoms with Crippen LogP contribution in [0.25, 0.3) is 0 Å². The molecule has 0 radical (unpaired) electrons. The van der Waals surface area contributed by atoms with Crippen LogP contribution in [0.5, 0.6) is 5.75 Å². The van der Waals surface area contributed by atoms with Gasteiger partial charge in [0.1, 0.15) is 17.6 Å². The van der Waals surface area contributed by atoms with Crippen molar-refractivity contribution in [1.82, 2.24) is 15.8 Å². The van der Waals surface area contributed by atoms with Crippen LogP contribution in [-0.4, -0.2) is 43.5 Å². The number of aromatic nitrogens is 1. The molecule has 7 nitrogen and oxygen atoms in total. The maximum atomic E-state index is 6.19. The maximum Gasteiger partial charge on any atom is 0.191 e. The molecular formula is C23H35IN4O3. The quantitative estimate of drug-likeness (QED) is 0.215. The highest BCUT2D eigenvalue weighted by molar-refractivity contribution is 14.0. The monoisotopic (exact) mass is 542 g/mol. The van der Waals surface area contributed by atoms with E-state index in [1.54, 1.807) is 0 Å². The van der Waals surface area contributed by atoms with E-state index >= 15 is 0 Å². The number of rotatable bonds is 9. The number of halogens is 1. The summed E-state index contributed by atoms with van der Waals surface area (Å²) in [6.07, 6.45) is 2.98. The van der Waals surface area contributed by atoms with E-state index in [-0.39, 0.29) is 30.1 Å². The zero-order chi connectivity index (χ0) is 21.3. The highest BCUT2D eigenvalue weighted by Crippen LogP contribution is 2.24. The molecular weight excluding hydrogens is 507 g/mol. The highest BCUT2D eigenvalue weighted by atomic mass is 127. The first kappa shape index (κ1) is 25.5. The molecule has 0 amide bonds. The molecule has 2 N–H and O–H groups in total. The van der Waals surface area contributed by atoms with Crippen LogP contribution in [0.2, 0.25) is 0 Å². The summed E-state index contributed by atoms with van der Waals surface area (Å²) in [7, 11) is 0. The number of aliphatic imine (C=N–C) groups is 1. The van der Waals surface area contributed by atoms with E-state index in [0.29, 0.717) is 13.2 Å². The Morgan fingerprint density at radius 1 is 1.26 bits per heavy atom. The summed E-state index contributed by atoms with van der Waals surface area (Å²) in [4.78, 5) is 4.77. The number of hydrogen-bond acceptors (Lipinski definition) is 5. The van der Waals surface area contributed by atoms with Crippen molar-refractivity contribution >= 4 is 29.9 Å². The van der Waals surface area contributed by atoms with Crippen LogP contribution >= 0.6 is 24.0 Å².